The minimum absolute atomic E-state index is 0.0595. The molecule has 1 aliphatic carbocycles. The monoisotopic (exact) mass is 297 g/mol. The number of nitrogens with two attached hydrogens (primary N) is 1. The van der Waals surface area contributed by atoms with Gasteiger partial charge < -0.3 is 11.1 Å². The minimum Gasteiger partial charge on any atom is -0.348 e. The maximum atomic E-state index is 12.6. The topological polar surface area (TPSA) is 68.0 Å². The van der Waals surface area contributed by atoms with Crippen LogP contribution in [0.4, 0.5) is 0 Å². The predicted octanol–water partition coefficient (Wildman–Crippen LogP) is 2.85. The number of benzene rings is 1. The summed E-state index contributed by atoms with van der Waals surface area (Å²) in [6, 6.07) is 8.17. The van der Waals surface area contributed by atoms with Gasteiger partial charge in [0.15, 0.2) is 0 Å². The molecular formula is C18H23N3O. The average Bonchev–Trinajstić information content (AvgIpc) is 2.49. The van der Waals surface area contributed by atoms with Crippen LogP contribution in [0, 0.1) is 13.8 Å². The fraction of sp³-hybridized carbons (Fsp3) is 0.444. The molecule has 4 nitrogen and oxygen atoms in total. The van der Waals surface area contributed by atoms with E-state index in [0.717, 1.165) is 42.3 Å². The lowest BCUT2D eigenvalue weighted by Gasteiger charge is -2.29. The lowest BCUT2D eigenvalue weighted by molar-refractivity contribution is 0.0920. The molecule has 1 heterocycles. The summed E-state index contributed by atoms with van der Waals surface area (Å²) in [5.74, 6) is -0.0595. The van der Waals surface area contributed by atoms with Crippen molar-refractivity contribution < 1.29 is 4.79 Å². The Morgan fingerprint density at radius 1 is 1.23 bits per heavy atom. The molecule has 3 N–H and O–H groups in total. The number of nitrogens with zero attached hydrogens (tertiary/aromatic N) is 1. The molecule has 116 valence electrons. The van der Waals surface area contributed by atoms with Gasteiger partial charge in [0.2, 0.25) is 0 Å². The van der Waals surface area contributed by atoms with Crippen LogP contribution in [0.2, 0.25) is 0 Å². The average molecular weight is 297 g/mol. The maximum absolute atomic E-state index is 12.6. The molecular weight excluding hydrogens is 274 g/mol. The Balaban J connectivity index is 1.88. The van der Waals surface area contributed by atoms with Crippen LogP contribution in [0.15, 0.2) is 24.3 Å². The van der Waals surface area contributed by atoms with Gasteiger partial charge in [0.25, 0.3) is 5.91 Å². The Labute approximate surface area is 131 Å². The first-order valence-electron chi connectivity index (χ1n) is 7.99. The third-order valence-corrected chi connectivity index (χ3v) is 4.54. The lowest BCUT2D eigenvalue weighted by Crippen LogP contribution is -2.49. The van der Waals surface area contributed by atoms with E-state index >= 15 is 0 Å². The van der Waals surface area contributed by atoms with Crippen LogP contribution in [0.1, 0.15) is 47.3 Å². The van der Waals surface area contributed by atoms with Crippen molar-refractivity contribution in [1.29, 1.82) is 0 Å². The van der Waals surface area contributed by atoms with Crippen molar-refractivity contribution in [3.8, 4) is 0 Å². The van der Waals surface area contributed by atoms with Gasteiger partial charge >= 0.3 is 0 Å². The third kappa shape index (κ3) is 2.97. The number of pyridine rings is 1. The van der Waals surface area contributed by atoms with Gasteiger partial charge in [-0.1, -0.05) is 24.5 Å². The second kappa shape index (κ2) is 6.05. The smallest absolute Gasteiger partial charge is 0.253 e. The zero-order chi connectivity index (χ0) is 15.7. The first-order valence-corrected chi connectivity index (χ1v) is 7.99. The maximum Gasteiger partial charge on any atom is 0.253 e. The molecule has 2 atom stereocenters. The molecule has 0 saturated heterocycles. The highest BCUT2D eigenvalue weighted by atomic mass is 16.1. The summed E-state index contributed by atoms with van der Waals surface area (Å²) < 4.78 is 0. The quantitative estimate of drug-likeness (QED) is 0.895. The fourth-order valence-electron chi connectivity index (χ4n) is 3.21. The summed E-state index contributed by atoms with van der Waals surface area (Å²) in [6.07, 6.45) is 4.24. The van der Waals surface area contributed by atoms with Crippen LogP contribution in [-0.2, 0) is 0 Å². The molecule has 0 bridgehead atoms. The van der Waals surface area contributed by atoms with Gasteiger partial charge in [-0.2, -0.15) is 0 Å². The van der Waals surface area contributed by atoms with Crippen molar-refractivity contribution in [3.05, 3.63) is 41.1 Å². The van der Waals surface area contributed by atoms with Crippen LogP contribution >= 0.6 is 0 Å². The molecule has 0 spiro atoms. The van der Waals surface area contributed by atoms with Gasteiger partial charge in [0.05, 0.1) is 16.8 Å². The van der Waals surface area contributed by atoms with E-state index in [1.165, 1.54) is 5.56 Å². The van der Waals surface area contributed by atoms with Crippen LogP contribution in [0.25, 0.3) is 10.9 Å². The summed E-state index contributed by atoms with van der Waals surface area (Å²) >= 11 is 0. The first-order chi connectivity index (χ1) is 10.5. The van der Waals surface area contributed by atoms with Gasteiger partial charge in [-0.15, -0.1) is 0 Å². The highest BCUT2D eigenvalue weighted by Crippen LogP contribution is 2.20. The number of carbonyl (C=O) groups excluding carboxylic acids is 1. The summed E-state index contributed by atoms with van der Waals surface area (Å²) in [6.45, 7) is 3.93. The number of hydrogen-bond donors (Lipinski definition) is 2. The highest BCUT2D eigenvalue weighted by Gasteiger charge is 2.24. The van der Waals surface area contributed by atoms with E-state index in [2.05, 4.69) is 16.4 Å². The van der Waals surface area contributed by atoms with Crippen LogP contribution in [-0.4, -0.2) is 23.0 Å². The van der Waals surface area contributed by atoms with Gasteiger partial charge in [0, 0.05) is 17.5 Å². The van der Waals surface area contributed by atoms with Gasteiger partial charge in [-0.05, 0) is 44.9 Å². The van der Waals surface area contributed by atoms with Gasteiger partial charge in [-0.3, -0.25) is 9.78 Å². The molecule has 1 fully saturated rings. The standard InChI is InChI=1S/C18H23N3O/c1-11-7-8-16-13(9-11)10-14(12(2)20-16)18(22)21-17-6-4-3-5-15(17)19/h7-10,15,17H,3-6,19H2,1-2H3,(H,21,22)/t15-,17-/m1/s1. The number of aryl methyl sites for hydroxylation is 2. The van der Waals surface area contributed by atoms with Crippen molar-refractivity contribution in [2.45, 2.75) is 51.6 Å². The molecule has 22 heavy (non-hydrogen) atoms. The third-order valence-electron chi connectivity index (χ3n) is 4.54. The number of hydrogen-bond acceptors (Lipinski definition) is 3. The van der Waals surface area contributed by atoms with Crippen LogP contribution in [0.3, 0.4) is 0 Å². The molecule has 1 saturated carbocycles. The zero-order valence-corrected chi connectivity index (χ0v) is 13.2. The van der Waals surface area contributed by atoms with Crippen molar-refractivity contribution in [2.24, 2.45) is 5.73 Å². The lowest BCUT2D eigenvalue weighted by atomic mass is 9.91. The van der Waals surface area contributed by atoms with Gasteiger partial charge in [-0.25, -0.2) is 0 Å². The van der Waals surface area contributed by atoms with E-state index in [1.54, 1.807) is 0 Å². The summed E-state index contributed by atoms with van der Waals surface area (Å²) in [5, 5.41) is 4.10. The Morgan fingerprint density at radius 2 is 2.00 bits per heavy atom. The number of amides is 1. The molecule has 1 aromatic carbocycles. The Kier molecular flexibility index (Phi) is 4.12. The normalized spacial score (nSPS) is 21.8. The SMILES string of the molecule is Cc1ccc2nc(C)c(C(=O)N[C@@H]3CCCC[C@H]3N)cc2c1. The van der Waals surface area contributed by atoms with Crippen molar-refractivity contribution >= 4 is 16.8 Å². The van der Waals surface area contributed by atoms with E-state index in [4.69, 9.17) is 5.73 Å². The highest BCUT2D eigenvalue weighted by molar-refractivity contribution is 5.98. The van der Waals surface area contributed by atoms with E-state index in [-0.39, 0.29) is 18.0 Å². The molecule has 1 aromatic heterocycles. The number of fused-ring (bicyclic) bond motifs is 1. The molecule has 1 amide bonds. The first kappa shape index (κ1) is 15.0. The Hall–Kier alpha value is -1.94. The summed E-state index contributed by atoms with van der Waals surface area (Å²) in [7, 11) is 0. The van der Waals surface area contributed by atoms with Crippen LogP contribution in [0.5, 0.6) is 0 Å². The van der Waals surface area contributed by atoms with E-state index < -0.39 is 0 Å². The van der Waals surface area contributed by atoms with E-state index in [9.17, 15) is 4.79 Å². The summed E-state index contributed by atoms with van der Waals surface area (Å²) in [4.78, 5) is 17.2. The molecule has 0 aliphatic heterocycles. The predicted molar refractivity (Wildman–Crippen MR) is 88.9 cm³/mol. The second-order valence-electron chi connectivity index (χ2n) is 6.35. The summed E-state index contributed by atoms with van der Waals surface area (Å²) in [5.41, 5.74) is 9.63. The largest absolute Gasteiger partial charge is 0.348 e. The molecule has 3 rings (SSSR count). The number of carbonyl (C=O) groups is 1. The zero-order valence-electron chi connectivity index (χ0n) is 13.2. The molecule has 0 radical (unpaired) electrons. The Bertz CT molecular complexity index is 711. The van der Waals surface area contributed by atoms with Crippen molar-refractivity contribution in [1.82, 2.24) is 10.3 Å². The molecule has 4 heteroatoms. The van der Waals surface area contributed by atoms with Crippen molar-refractivity contribution in [2.75, 3.05) is 0 Å². The molecule has 2 aromatic rings. The molecule has 0 unspecified atom stereocenters. The van der Waals surface area contributed by atoms with Crippen molar-refractivity contribution in [3.63, 3.8) is 0 Å². The van der Waals surface area contributed by atoms with Gasteiger partial charge in [0.1, 0.15) is 0 Å². The Morgan fingerprint density at radius 3 is 2.77 bits per heavy atom. The second-order valence-corrected chi connectivity index (χ2v) is 6.35. The number of rotatable bonds is 2. The number of nitrogens with one attached hydrogen (secondary N) is 1. The van der Waals surface area contributed by atoms with Crippen LogP contribution < -0.4 is 11.1 Å². The van der Waals surface area contributed by atoms with E-state index in [1.807, 2.05) is 32.0 Å². The fourth-order valence-corrected chi connectivity index (χ4v) is 3.21. The molecule has 1 aliphatic rings. The van der Waals surface area contributed by atoms with E-state index in [0.29, 0.717) is 5.56 Å². The minimum atomic E-state index is -0.0595. The number of aromatic nitrogens is 1.